The normalized spacial score (nSPS) is 14.6. The maximum absolute atomic E-state index is 13.7. The SMILES string of the molecule is CC(C)(C)OC(=O)N1CCC(NC(=O)OCc2ccccc2)(C(F)(F)F)CC1.[N-]=[N+]=NP(=O)(c1ccccc1)c1ccccc1. The number of halogens is 3. The van der Waals surface area contributed by atoms with E-state index in [0.717, 1.165) is 0 Å². The van der Waals surface area contributed by atoms with Gasteiger partial charge in [-0.15, -0.1) is 0 Å². The molecule has 1 heterocycles. The third kappa shape index (κ3) is 9.76. The Labute approximate surface area is 259 Å². The smallest absolute Gasteiger partial charge is 0.411 e. The molecule has 0 saturated carbocycles. The van der Waals surface area contributed by atoms with Gasteiger partial charge in [0.15, 0.2) is 0 Å². The van der Waals surface area contributed by atoms with Crippen LogP contribution in [0.1, 0.15) is 39.2 Å². The average Bonchev–Trinajstić information content (AvgIpc) is 3.01. The molecule has 0 aliphatic carbocycles. The number of carbonyl (C=O) groups is 2. The number of alkyl carbamates (subject to hydrolysis) is 1. The monoisotopic (exact) mass is 645 g/mol. The first-order chi connectivity index (χ1) is 21.2. The molecule has 1 fully saturated rings. The first kappa shape index (κ1) is 35.0. The van der Waals surface area contributed by atoms with Crippen LogP contribution in [-0.4, -0.2) is 47.5 Å². The van der Waals surface area contributed by atoms with Crippen molar-refractivity contribution in [3.05, 3.63) is 107 Å². The van der Waals surface area contributed by atoms with Crippen molar-refractivity contribution in [3.8, 4) is 0 Å². The van der Waals surface area contributed by atoms with Crippen LogP contribution in [0.3, 0.4) is 0 Å². The molecule has 3 aromatic rings. The summed E-state index contributed by atoms with van der Waals surface area (Å²) in [5.74, 6) is 0. The Hall–Kier alpha value is -4.47. The van der Waals surface area contributed by atoms with Gasteiger partial charge in [0.1, 0.15) is 17.7 Å². The fourth-order valence-corrected chi connectivity index (χ4v) is 6.17. The molecule has 0 radical (unpaired) electrons. The molecule has 0 atom stereocenters. The maximum Gasteiger partial charge on any atom is 0.411 e. The summed E-state index contributed by atoms with van der Waals surface area (Å²) in [6, 6.07) is 26.3. The van der Waals surface area contributed by atoms with E-state index in [1.165, 1.54) is 4.90 Å². The molecule has 2 amide bonds. The molecular formula is C31H35F3N5O5P. The zero-order valence-corrected chi connectivity index (χ0v) is 26.0. The van der Waals surface area contributed by atoms with Crippen LogP contribution in [0.4, 0.5) is 22.8 Å². The molecular weight excluding hydrogens is 610 g/mol. The van der Waals surface area contributed by atoms with Crippen molar-refractivity contribution in [2.24, 2.45) is 4.88 Å². The second-order valence-corrected chi connectivity index (χ2v) is 13.5. The number of nitrogens with one attached hydrogen (secondary N) is 1. The van der Waals surface area contributed by atoms with Crippen LogP contribution < -0.4 is 15.9 Å². The lowest BCUT2D eigenvalue weighted by Gasteiger charge is -2.42. The molecule has 14 heteroatoms. The van der Waals surface area contributed by atoms with E-state index in [2.05, 4.69) is 9.80 Å². The highest BCUT2D eigenvalue weighted by atomic mass is 31.2. The predicted octanol–water partition coefficient (Wildman–Crippen LogP) is 7.47. The van der Waals surface area contributed by atoms with E-state index >= 15 is 0 Å². The number of piperidine rings is 1. The van der Waals surface area contributed by atoms with Gasteiger partial charge in [0.25, 0.3) is 0 Å². The van der Waals surface area contributed by atoms with Crippen molar-refractivity contribution >= 4 is 30.1 Å². The van der Waals surface area contributed by atoms with Gasteiger partial charge in [0, 0.05) is 28.6 Å². The Bertz CT molecular complexity index is 1460. The van der Waals surface area contributed by atoms with Crippen LogP contribution >= 0.6 is 7.29 Å². The molecule has 1 aliphatic heterocycles. The van der Waals surface area contributed by atoms with E-state index in [-0.39, 0.29) is 19.7 Å². The number of likely N-dealkylation sites (tertiary alicyclic amines) is 1. The summed E-state index contributed by atoms with van der Waals surface area (Å²) < 4.78 is 64.1. The minimum absolute atomic E-state index is 0.134. The number of hydrogen-bond donors (Lipinski definition) is 1. The number of rotatable bonds is 6. The van der Waals surface area contributed by atoms with Gasteiger partial charge >= 0.3 is 18.4 Å². The summed E-state index contributed by atoms with van der Waals surface area (Å²) in [6.45, 7) is 4.53. The molecule has 0 bridgehead atoms. The highest BCUT2D eigenvalue weighted by Gasteiger charge is 2.57. The number of hydrogen-bond acceptors (Lipinski definition) is 5. The summed E-state index contributed by atoms with van der Waals surface area (Å²) in [4.78, 5) is 31.5. The van der Waals surface area contributed by atoms with Crippen LogP contribution in [0.25, 0.3) is 10.4 Å². The average molecular weight is 646 g/mol. The molecule has 1 N–H and O–H groups in total. The van der Waals surface area contributed by atoms with Gasteiger partial charge in [0.2, 0.25) is 7.29 Å². The number of azide groups is 1. The molecule has 3 aromatic carbocycles. The number of benzene rings is 3. The minimum atomic E-state index is -4.68. The molecule has 0 spiro atoms. The van der Waals surface area contributed by atoms with E-state index in [1.54, 1.807) is 99.6 Å². The second-order valence-electron chi connectivity index (χ2n) is 11.2. The lowest BCUT2D eigenvalue weighted by molar-refractivity contribution is -0.205. The fraction of sp³-hybridized carbons (Fsp3) is 0.355. The predicted molar refractivity (Wildman–Crippen MR) is 164 cm³/mol. The molecule has 1 aliphatic rings. The zero-order chi connectivity index (χ0) is 33.1. The zero-order valence-electron chi connectivity index (χ0n) is 25.1. The Kier molecular flexibility index (Phi) is 11.7. The largest absolute Gasteiger partial charge is 0.445 e. The first-order valence-corrected chi connectivity index (χ1v) is 15.7. The fourth-order valence-electron chi connectivity index (χ4n) is 4.40. The van der Waals surface area contributed by atoms with E-state index in [9.17, 15) is 27.3 Å². The summed E-state index contributed by atoms with van der Waals surface area (Å²) in [5, 5.41) is 3.08. The quantitative estimate of drug-likeness (QED) is 0.129. The Balaban J connectivity index is 0.000000276. The van der Waals surface area contributed by atoms with Crippen LogP contribution in [0.5, 0.6) is 0 Å². The van der Waals surface area contributed by atoms with Crippen molar-refractivity contribution < 1.29 is 36.8 Å². The number of carbonyl (C=O) groups excluding carboxylic acids is 2. The minimum Gasteiger partial charge on any atom is -0.445 e. The molecule has 4 rings (SSSR count). The van der Waals surface area contributed by atoms with E-state index in [0.29, 0.717) is 16.2 Å². The third-order valence-electron chi connectivity index (χ3n) is 6.74. The molecule has 240 valence electrons. The number of nitrogens with zero attached hydrogens (tertiary/aromatic N) is 4. The molecule has 1 saturated heterocycles. The number of alkyl halides is 3. The van der Waals surface area contributed by atoms with Gasteiger partial charge in [-0.25, -0.2) is 9.59 Å². The van der Waals surface area contributed by atoms with E-state index < -0.39 is 49.6 Å². The van der Waals surface area contributed by atoms with Crippen LogP contribution in [0, 0.1) is 0 Å². The number of amides is 2. The van der Waals surface area contributed by atoms with E-state index in [4.69, 9.17) is 15.0 Å². The summed E-state index contributed by atoms with van der Waals surface area (Å²) >= 11 is 0. The highest BCUT2D eigenvalue weighted by Crippen LogP contribution is 2.45. The molecule has 45 heavy (non-hydrogen) atoms. The van der Waals surface area contributed by atoms with Crippen molar-refractivity contribution in [1.82, 2.24) is 10.2 Å². The van der Waals surface area contributed by atoms with Gasteiger partial charge in [-0.2, -0.15) is 13.2 Å². The van der Waals surface area contributed by atoms with E-state index in [1.807, 2.05) is 17.4 Å². The van der Waals surface area contributed by atoms with Crippen LogP contribution in [0.2, 0.25) is 0 Å². The van der Waals surface area contributed by atoms with Crippen LogP contribution in [0.15, 0.2) is 95.9 Å². The van der Waals surface area contributed by atoms with Gasteiger partial charge in [-0.05, 0) is 49.6 Å². The lowest BCUT2D eigenvalue weighted by atomic mass is 9.87. The molecule has 0 unspecified atom stereocenters. The van der Waals surface area contributed by atoms with Crippen molar-refractivity contribution in [2.75, 3.05) is 13.1 Å². The van der Waals surface area contributed by atoms with Crippen molar-refractivity contribution in [2.45, 2.75) is 57.5 Å². The van der Waals surface area contributed by atoms with Crippen molar-refractivity contribution in [3.63, 3.8) is 0 Å². The topological polar surface area (TPSA) is 134 Å². The lowest BCUT2D eigenvalue weighted by Crippen LogP contribution is -2.64. The molecule has 10 nitrogen and oxygen atoms in total. The summed E-state index contributed by atoms with van der Waals surface area (Å²) in [7, 11) is -3.22. The standard InChI is InChI=1S/C19H25F3N2O4.C12H10N3OP/c1-17(2,3)28-16(26)24-11-9-18(10-12-24,19(20,21)22)23-15(25)27-13-14-7-5-4-6-8-14;13-14-15-17(16,11-7-3-1-4-8-11)12-9-5-2-6-10-12/h4-8H,9-13H2,1-3H3,(H,23,25);1-10H. The van der Waals surface area contributed by atoms with Gasteiger partial charge < -0.3 is 24.3 Å². The third-order valence-corrected chi connectivity index (χ3v) is 9.07. The van der Waals surface area contributed by atoms with Crippen molar-refractivity contribution in [1.29, 1.82) is 0 Å². The van der Waals surface area contributed by atoms with Crippen LogP contribution in [-0.2, 0) is 20.6 Å². The van der Waals surface area contributed by atoms with Gasteiger partial charge in [-0.3, -0.25) is 0 Å². The Morgan fingerprint density at radius 3 is 1.80 bits per heavy atom. The number of ether oxygens (including phenoxy) is 2. The second kappa shape index (κ2) is 15.0. The summed E-state index contributed by atoms with van der Waals surface area (Å²) in [5.41, 5.74) is 6.09. The van der Waals surface area contributed by atoms with Gasteiger partial charge in [-0.1, -0.05) is 91.0 Å². The Morgan fingerprint density at radius 2 is 1.38 bits per heavy atom. The highest BCUT2D eigenvalue weighted by molar-refractivity contribution is 7.77. The molecule has 0 aromatic heterocycles. The van der Waals surface area contributed by atoms with Gasteiger partial charge in [0.05, 0.1) is 0 Å². The maximum atomic E-state index is 13.7. The Morgan fingerprint density at radius 1 is 0.911 bits per heavy atom. The first-order valence-electron chi connectivity index (χ1n) is 14.0. The summed E-state index contributed by atoms with van der Waals surface area (Å²) in [6.07, 6.45) is -7.45.